The third-order valence-corrected chi connectivity index (χ3v) is 5.66. The van der Waals surface area contributed by atoms with E-state index in [9.17, 15) is 0 Å². The molecule has 2 aliphatic carbocycles. The molecule has 2 aromatic rings. The van der Waals surface area contributed by atoms with Crippen molar-refractivity contribution >= 4 is 17.2 Å². The lowest BCUT2D eigenvalue weighted by molar-refractivity contribution is 0.299. The second-order valence-corrected chi connectivity index (χ2v) is 7.40. The van der Waals surface area contributed by atoms with E-state index in [1.807, 2.05) is 6.07 Å². The molecule has 0 nitrogen and oxygen atoms in total. The van der Waals surface area contributed by atoms with Gasteiger partial charge in [-0.3, -0.25) is 0 Å². The monoisotopic (exact) mass is 308 g/mol. The molecule has 2 aliphatic rings. The van der Waals surface area contributed by atoms with Gasteiger partial charge in [-0.15, -0.1) is 0 Å². The van der Waals surface area contributed by atoms with Gasteiger partial charge in [0, 0.05) is 5.02 Å². The average molecular weight is 309 g/mol. The highest BCUT2D eigenvalue weighted by Crippen LogP contribution is 2.52. The predicted molar refractivity (Wildman–Crippen MR) is 94.2 cm³/mol. The minimum atomic E-state index is 0.324. The van der Waals surface area contributed by atoms with Crippen molar-refractivity contribution in [1.82, 2.24) is 0 Å². The Morgan fingerprint density at radius 2 is 1.82 bits per heavy atom. The molecule has 1 atom stereocenters. The summed E-state index contributed by atoms with van der Waals surface area (Å²) in [7, 11) is 0. The Hall–Kier alpha value is -1.53. The summed E-state index contributed by atoms with van der Waals surface area (Å²) < 4.78 is 0. The zero-order valence-electron chi connectivity index (χ0n) is 13.0. The van der Waals surface area contributed by atoms with Gasteiger partial charge in [-0.2, -0.15) is 0 Å². The zero-order chi connectivity index (χ0) is 15.2. The fourth-order valence-corrected chi connectivity index (χ4v) is 4.52. The Labute approximate surface area is 137 Å². The number of hydrogen-bond acceptors (Lipinski definition) is 0. The molecule has 22 heavy (non-hydrogen) atoms. The Kier molecular flexibility index (Phi) is 3.38. The first-order chi connectivity index (χ1) is 10.7. The molecular formula is C21H21Cl. The third-order valence-electron chi connectivity index (χ3n) is 5.42. The Bertz CT molecular complexity index is 742. The van der Waals surface area contributed by atoms with E-state index in [2.05, 4.69) is 49.4 Å². The van der Waals surface area contributed by atoms with Gasteiger partial charge in [0.2, 0.25) is 0 Å². The van der Waals surface area contributed by atoms with Crippen LogP contribution >= 0.6 is 11.6 Å². The van der Waals surface area contributed by atoms with Crippen molar-refractivity contribution in [1.29, 1.82) is 0 Å². The zero-order valence-corrected chi connectivity index (χ0v) is 13.8. The van der Waals surface area contributed by atoms with Crippen LogP contribution in [0.2, 0.25) is 5.02 Å². The van der Waals surface area contributed by atoms with Crippen LogP contribution in [0.15, 0.2) is 54.1 Å². The first kappa shape index (κ1) is 14.1. The summed E-state index contributed by atoms with van der Waals surface area (Å²) in [6, 6.07) is 17.3. The quantitative estimate of drug-likeness (QED) is 0.581. The summed E-state index contributed by atoms with van der Waals surface area (Å²) in [5, 5.41) is 0.840. The van der Waals surface area contributed by atoms with Crippen molar-refractivity contribution in [2.24, 2.45) is 5.41 Å². The van der Waals surface area contributed by atoms with Crippen LogP contribution in [0.4, 0.5) is 0 Å². The maximum atomic E-state index is 6.32. The van der Waals surface area contributed by atoms with Gasteiger partial charge in [0.05, 0.1) is 0 Å². The summed E-state index contributed by atoms with van der Waals surface area (Å²) in [4.78, 5) is 0. The van der Waals surface area contributed by atoms with Crippen LogP contribution in [-0.2, 0) is 6.42 Å². The van der Waals surface area contributed by atoms with E-state index >= 15 is 0 Å². The molecule has 112 valence electrons. The van der Waals surface area contributed by atoms with Crippen LogP contribution < -0.4 is 0 Å². The van der Waals surface area contributed by atoms with Gasteiger partial charge in [-0.05, 0) is 65.5 Å². The lowest BCUT2D eigenvalue weighted by Crippen LogP contribution is -2.30. The number of benzene rings is 2. The molecule has 1 saturated carbocycles. The Morgan fingerprint density at radius 3 is 2.64 bits per heavy atom. The molecule has 1 heteroatoms. The summed E-state index contributed by atoms with van der Waals surface area (Å²) in [6.45, 7) is 2.46. The van der Waals surface area contributed by atoms with Gasteiger partial charge in [0.25, 0.3) is 0 Å². The van der Waals surface area contributed by atoms with E-state index in [4.69, 9.17) is 11.6 Å². The number of hydrogen-bond donors (Lipinski definition) is 0. The molecule has 2 aromatic carbocycles. The molecule has 0 radical (unpaired) electrons. The molecule has 1 fully saturated rings. The van der Waals surface area contributed by atoms with Crippen LogP contribution in [0.1, 0.15) is 49.3 Å². The van der Waals surface area contributed by atoms with Crippen molar-refractivity contribution < 1.29 is 0 Å². The molecule has 0 heterocycles. The fraction of sp³-hybridized carbons (Fsp3) is 0.333. The maximum Gasteiger partial charge on any atom is 0.0412 e. The first-order valence-corrected chi connectivity index (χ1v) is 8.63. The highest BCUT2D eigenvalue weighted by molar-refractivity contribution is 6.30. The van der Waals surface area contributed by atoms with Gasteiger partial charge < -0.3 is 0 Å². The molecule has 0 N–H and O–H groups in total. The maximum absolute atomic E-state index is 6.32. The van der Waals surface area contributed by atoms with Crippen LogP contribution in [0.25, 0.3) is 5.57 Å². The number of allylic oxidation sites excluding steroid dienone is 1. The number of rotatable bonds is 1. The van der Waals surface area contributed by atoms with E-state index in [1.165, 1.54) is 47.9 Å². The molecule has 0 aromatic heterocycles. The van der Waals surface area contributed by atoms with Gasteiger partial charge in [0.1, 0.15) is 0 Å². The predicted octanol–water partition coefficient (Wildman–Crippen LogP) is 6.28. The van der Waals surface area contributed by atoms with Gasteiger partial charge >= 0.3 is 0 Å². The number of halogens is 1. The van der Waals surface area contributed by atoms with Crippen molar-refractivity contribution in [2.45, 2.75) is 39.0 Å². The first-order valence-electron chi connectivity index (χ1n) is 8.25. The van der Waals surface area contributed by atoms with E-state index in [0.717, 1.165) is 11.4 Å². The average Bonchev–Trinajstić information content (AvgIpc) is 2.53. The normalized spacial score (nSPS) is 23.9. The van der Waals surface area contributed by atoms with Gasteiger partial charge in [-0.1, -0.05) is 66.9 Å². The molecule has 0 bridgehead atoms. The molecule has 4 rings (SSSR count). The van der Waals surface area contributed by atoms with Crippen LogP contribution in [-0.4, -0.2) is 0 Å². The highest BCUT2D eigenvalue weighted by Gasteiger charge is 2.38. The van der Waals surface area contributed by atoms with Crippen molar-refractivity contribution in [2.75, 3.05) is 0 Å². The Morgan fingerprint density at radius 1 is 1.00 bits per heavy atom. The van der Waals surface area contributed by atoms with Gasteiger partial charge in [-0.25, -0.2) is 0 Å². The van der Waals surface area contributed by atoms with Crippen molar-refractivity contribution in [3.8, 4) is 0 Å². The van der Waals surface area contributed by atoms with Crippen LogP contribution in [0, 0.1) is 5.41 Å². The standard InChI is InChI=1S/C21H21Cl/c1-21-12-6-5-9-19(21)20(15-7-3-2-4-8-15)18-13-17(22)11-10-16(18)14-21/h2-4,7-8,10-11,13H,5-6,9,12,14H2,1H3. The van der Waals surface area contributed by atoms with Crippen LogP contribution in [0.3, 0.4) is 0 Å². The smallest absolute Gasteiger partial charge is 0.0412 e. The Balaban J connectivity index is 2.01. The lowest BCUT2D eigenvalue weighted by atomic mass is 9.62. The van der Waals surface area contributed by atoms with Gasteiger partial charge in [0.15, 0.2) is 0 Å². The lowest BCUT2D eigenvalue weighted by Gasteiger charge is -2.43. The summed E-state index contributed by atoms with van der Waals surface area (Å²) >= 11 is 6.32. The molecule has 0 amide bonds. The second-order valence-electron chi connectivity index (χ2n) is 6.97. The fourth-order valence-electron chi connectivity index (χ4n) is 4.34. The molecular weight excluding hydrogens is 288 g/mol. The van der Waals surface area contributed by atoms with Crippen LogP contribution in [0.5, 0.6) is 0 Å². The molecule has 1 unspecified atom stereocenters. The molecule has 0 spiro atoms. The second kappa shape index (κ2) is 5.28. The molecule has 0 saturated heterocycles. The SMILES string of the molecule is CC12CCCCC1=C(c1ccccc1)c1cc(Cl)ccc1C2. The third kappa shape index (κ3) is 2.21. The minimum Gasteiger partial charge on any atom is -0.0843 e. The van der Waals surface area contributed by atoms with E-state index in [1.54, 1.807) is 5.57 Å². The van der Waals surface area contributed by atoms with Crippen molar-refractivity contribution in [3.05, 3.63) is 75.8 Å². The highest BCUT2D eigenvalue weighted by atomic mass is 35.5. The van der Waals surface area contributed by atoms with Crippen molar-refractivity contribution in [3.63, 3.8) is 0 Å². The minimum absolute atomic E-state index is 0.324. The summed E-state index contributed by atoms with van der Waals surface area (Å²) in [6.07, 6.45) is 6.36. The molecule has 0 aliphatic heterocycles. The van der Waals surface area contributed by atoms with E-state index in [0.29, 0.717) is 5.41 Å². The largest absolute Gasteiger partial charge is 0.0843 e. The topological polar surface area (TPSA) is 0 Å². The summed E-state index contributed by atoms with van der Waals surface area (Å²) in [5.74, 6) is 0. The number of fused-ring (bicyclic) bond motifs is 2. The summed E-state index contributed by atoms with van der Waals surface area (Å²) in [5.41, 5.74) is 7.58. The van der Waals surface area contributed by atoms with E-state index in [-0.39, 0.29) is 0 Å². The van der Waals surface area contributed by atoms with E-state index < -0.39 is 0 Å².